The number of nitrogens with zero attached hydrogens (tertiary/aromatic N) is 1. The van der Waals surface area contributed by atoms with E-state index in [0.29, 0.717) is 18.8 Å². The first-order chi connectivity index (χ1) is 9.03. The Bertz CT molecular complexity index is 343. The molecular weight excluding hydrogens is 244 g/mol. The second-order valence-electron chi connectivity index (χ2n) is 6.12. The van der Waals surface area contributed by atoms with Crippen molar-refractivity contribution in [2.24, 2.45) is 11.3 Å². The average Bonchev–Trinajstić information content (AvgIpc) is 2.87. The molecule has 0 spiro atoms. The average molecular weight is 268 g/mol. The third-order valence-electron chi connectivity index (χ3n) is 4.66. The summed E-state index contributed by atoms with van der Waals surface area (Å²) in [6.45, 7) is 4.04. The van der Waals surface area contributed by atoms with Crippen molar-refractivity contribution in [3.05, 3.63) is 0 Å². The Hall–Kier alpha value is -1.26. The van der Waals surface area contributed by atoms with E-state index in [4.69, 9.17) is 0 Å². The molecule has 0 aromatic carbocycles. The quantitative estimate of drug-likeness (QED) is 0.823. The molecule has 0 aromatic rings. The lowest BCUT2D eigenvalue weighted by atomic mass is 9.86. The second kappa shape index (κ2) is 5.80. The molecule has 2 amide bonds. The molecule has 0 aromatic heterocycles. The Balaban J connectivity index is 1.84. The number of hydrogen-bond acceptors (Lipinski definition) is 2. The van der Waals surface area contributed by atoms with Crippen LogP contribution in [0.1, 0.15) is 45.4 Å². The van der Waals surface area contributed by atoms with Crippen LogP contribution in [0.3, 0.4) is 0 Å². The van der Waals surface area contributed by atoms with Crippen LogP contribution in [-0.4, -0.2) is 41.6 Å². The molecule has 0 unspecified atom stereocenters. The van der Waals surface area contributed by atoms with Crippen LogP contribution >= 0.6 is 0 Å². The van der Waals surface area contributed by atoms with Gasteiger partial charge in [0.05, 0.1) is 5.41 Å². The van der Waals surface area contributed by atoms with Crippen molar-refractivity contribution in [1.82, 2.24) is 10.2 Å². The summed E-state index contributed by atoms with van der Waals surface area (Å²) in [5, 5.41) is 12.2. The first kappa shape index (κ1) is 14.2. The number of amides is 2. The number of carboxylic acid groups (broad SMARTS) is 1. The highest BCUT2D eigenvalue weighted by molar-refractivity contribution is 5.78. The van der Waals surface area contributed by atoms with E-state index >= 15 is 0 Å². The number of aliphatic carboxylic acids is 1. The molecular formula is C14H24N2O3. The maximum absolute atomic E-state index is 12.0. The molecule has 1 heterocycles. The van der Waals surface area contributed by atoms with Crippen LogP contribution in [0.25, 0.3) is 0 Å². The number of carbonyl (C=O) groups is 2. The van der Waals surface area contributed by atoms with Crippen LogP contribution in [0.15, 0.2) is 0 Å². The molecule has 1 aliphatic heterocycles. The molecule has 5 heteroatoms. The maximum Gasteiger partial charge on any atom is 0.317 e. The number of piperidine rings is 1. The summed E-state index contributed by atoms with van der Waals surface area (Å²) in [6.07, 6.45) is 5.33. The van der Waals surface area contributed by atoms with Gasteiger partial charge in [0.2, 0.25) is 0 Å². The number of carboxylic acids is 1. The molecule has 108 valence electrons. The van der Waals surface area contributed by atoms with E-state index in [1.165, 1.54) is 0 Å². The van der Waals surface area contributed by atoms with Gasteiger partial charge in [-0.05, 0) is 31.6 Å². The van der Waals surface area contributed by atoms with Gasteiger partial charge >= 0.3 is 12.0 Å². The van der Waals surface area contributed by atoms with Crippen molar-refractivity contribution in [1.29, 1.82) is 0 Å². The van der Waals surface area contributed by atoms with E-state index in [-0.39, 0.29) is 12.6 Å². The fourth-order valence-corrected chi connectivity index (χ4v) is 3.09. The fraction of sp³-hybridized carbons (Fsp3) is 0.857. The zero-order valence-corrected chi connectivity index (χ0v) is 11.7. The van der Waals surface area contributed by atoms with E-state index in [1.54, 1.807) is 0 Å². The molecule has 19 heavy (non-hydrogen) atoms. The number of carbonyl (C=O) groups excluding carboxylic acids is 1. The largest absolute Gasteiger partial charge is 0.481 e. The molecule has 2 N–H and O–H groups in total. The third kappa shape index (κ3) is 3.19. The van der Waals surface area contributed by atoms with Crippen molar-refractivity contribution in [2.75, 3.05) is 19.6 Å². The van der Waals surface area contributed by atoms with Crippen molar-refractivity contribution in [2.45, 2.75) is 45.4 Å². The Morgan fingerprint density at radius 1 is 1.26 bits per heavy atom. The van der Waals surface area contributed by atoms with Crippen LogP contribution in [0.2, 0.25) is 0 Å². The zero-order chi connectivity index (χ0) is 13.9. The summed E-state index contributed by atoms with van der Waals surface area (Å²) in [5.41, 5.74) is -0.723. The van der Waals surface area contributed by atoms with Gasteiger partial charge in [-0.1, -0.05) is 19.8 Å². The number of hydrogen-bond donors (Lipinski definition) is 2. The van der Waals surface area contributed by atoms with Gasteiger partial charge in [0.15, 0.2) is 0 Å². The Morgan fingerprint density at radius 3 is 2.37 bits per heavy atom. The molecule has 2 aliphatic rings. The molecule has 1 saturated carbocycles. The minimum atomic E-state index is -0.766. The van der Waals surface area contributed by atoms with E-state index in [1.807, 2.05) is 4.90 Å². The zero-order valence-electron chi connectivity index (χ0n) is 11.7. The van der Waals surface area contributed by atoms with Gasteiger partial charge in [-0.3, -0.25) is 4.79 Å². The van der Waals surface area contributed by atoms with Crippen LogP contribution in [0, 0.1) is 11.3 Å². The summed E-state index contributed by atoms with van der Waals surface area (Å²) in [7, 11) is 0. The van der Waals surface area contributed by atoms with Crippen LogP contribution in [0.4, 0.5) is 4.79 Å². The van der Waals surface area contributed by atoms with Crippen molar-refractivity contribution >= 4 is 12.0 Å². The van der Waals surface area contributed by atoms with Gasteiger partial charge in [-0.2, -0.15) is 0 Å². The number of urea groups is 1. The van der Waals surface area contributed by atoms with Gasteiger partial charge in [0, 0.05) is 19.6 Å². The summed E-state index contributed by atoms with van der Waals surface area (Å²) < 4.78 is 0. The van der Waals surface area contributed by atoms with Crippen LogP contribution < -0.4 is 5.32 Å². The lowest BCUT2D eigenvalue weighted by Crippen LogP contribution is -2.48. The highest BCUT2D eigenvalue weighted by atomic mass is 16.4. The normalized spacial score (nSPS) is 23.3. The highest BCUT2D eigenvalue weighted by Crippen LogP contribution is 2.37. The Labute approximate surface area is 114 Å². The van der Waals surface area contributed by atoms with Gasteiger partial charge in [0.25, 0.3) is 0 Å². The molecule has 0 atom stereocenters. The van der Waals surface area contributed by atoms with Gasteiger partial charge in [-0.15, -0.1) is 0 Å². The second-order valence-corrected chi connectivity index (χ2v) is 6.12. The lowest BCUT2D eigenvalue weighted by molar-refractivity contribution is -0.148. The molecule has 5 nitrogen and oxygen atoms in total. The standard InChI is InChI=1S/C14H24N2O3/c1-11-4-8-16(9-5-11)13(19)15-10-14(12(17)18)6-2-3-7-14/h11H,2-10H2,1H3,(H,15,19)(H,17,18). The van der Waals surface area contributed by atoms with Crippen molar-refractivity contribution in [3.63, 3.8) is 0 Å². The molecule has 1 saturated heterocycles. The minimum Gasteiger partial charge on any atom is -0.481 e. The van der Waals surface area contributed by atoms with E-state index in [0.717, 1.165) is 38.8 Å². The molecule has 1 aliphatic carbocycles. The summed E-state index contributed by atoms with van der Waals surface area (Å²) in [4.78, 5) is 25.2. The predicted molar refractivity (Wildman–Crippen MR) is 71.9 cm³/mol. The fourth-order valence-electron chi connectivity index (χ4n) is 3.09. The summed E-state index contributed by atoms with van der Waals surface area (Å²) >= 11 is 0. The van der Waals surface area contributed by atoms with E-state index in [9.17, 15) is 14.7 Å². The van der Waals surface area contributed by atoms with Gasteiger partial charge < -0.3 is 15.3 Å². The Kier molecular flexibility index (Phi) is 4.32. The smallest absolute Gasteiger partial charge is 0.317 e. The maximum atomic E-state index is 12.0. The highest BCUT2D eigenvalue weighted by Gasteiger charge is 2.41. The first-order valence-electron chi connectivity index (χ1n) is 7.30. The molecule has 0 bridgehead atoms. The lowest BCUT2D eigenvalue weighted by Gasteiger charge is -2.32. The van der Waals surface area contributed by atoms with Gasteiger partial charge in [-0.25, -0.2) is 4.79 Å². The first-order valence-corrected chi connectivity index (χ1v) is 7.30. The molecule has 2 rings (SSSR count). The third-order valence-corrected chi connectivity index (χ3v) is 4.66. The van der Waals surface area contributed by atoms with Gasteiger partial charge in [0.1, 0.15) is 0 Å². The number of likely N-dealkylation sites (tertiary alicyclic amines) is 1. The molecule has 2 fully saturated rings. The summed E-state index contributed by atoms with van der Waals surface area (Å²) in [6, 6.07) is -0.0978. The number of rotatable bonds is 3. The van der Waals surface area contributed by atoms with Crippen molar-refractivity contribution < 1.29 is 14.7 Å². The predicted octanol–water partition coefficient (Wildman–Crippen LogP) is 2.07. The monoisotopic (exact) mass is 268 g/mol. The minimum absolute atomic E-state index is 0.0978. The summed E-state index contributed by atoms with van der Waals surface area (Å²) in [5.74, 6) is -0.0817. The Morgan fingerprint density at radius 2 is 1.84 bits per heavy atom. The topological polar surface area (TPSA) is 69.6 Å². The van der Waals surface area contributed by atoms with Crippen molar-refractivity contribution in [3.8, 4) is 0 Å². The SMILES string of the molecule is CC1CCN(C(=O)NCC2(C(=O)O)CCCC2)CC1. The van der Waals surface area contributed by atoms with Crippen LogP contribution in [-0.2, 0) is 4.79 Å². The van der Waals surface area contributed by atoms with E-state index in [2.05, 4.69) is 12.2 Å². The number of nitrogens with one attached hydrogen (secondary N) is 1. The van der Waals surface area contributed by atoms with Crippen LogP contribution in [0.5, 0.6) is 0 Å². The van der Waals surface area contributed by atoms with E-state index < -0.39 is 11.4 Å². The molecule has 0 radical (unpaired) electrons.